The van der Waals surface area contributed by atoms with E-state index < -0.39 is 11.9 Å². The molecule has 100 valence electrons. The summed E-state index contributed by atoms with van der Waals surface area (Å²) in [5.41, 5.74) is 3.58. The quantitative estimate of drug-likeness (QED) is 0.668. The SMILES string of the molecule is Cc1cccc(C(NN)c2cccc(Br)c2F)c1F. The van der Waals surface area contributed by atoms with Gasteiger partial charge in [-0.05, 0) is 34.5 Å². The largest absolute Gasteiger partial charge is 0.271 e. The summed E-state index contributed by atoms with van der Waals surface area (Å²) in [6.45, 7) is 1.66. The second-order valence-corrected chi connectivity index (χ2v) is 5.08. The highest BCUT2D eigenvalue weighted by atomic mass is 79.9. The molecule has 0 saturated carbocycles. The van der Waals surface area contributed by atoms with Crippen molar-refractivity contribution in [3.63, 3.8) is 0 Å². The monoisotopic (exact) mass is 326 g/mol. The molecular weight excluding hydrogens is 314 g/mol. The van der Waals surface area contributed by atoms with Crippen molar-refractivity contribution in [2.75, 3.05) is 0 Å². The van der Waals surface area contributed by atoms with E-state index in [2.05, 4.69) is 21.4 Å². The summed E-state index contributed by atoms with van der Waals surface area (Å²) in [5, 5.41) is 0. The van der Waals surface area contributed by atoms with Crippen LogP contribution in [0.5, 0.6) is 0 Å². The Balaban J connectivity index is 2.57. The lowest BCUT2D eigenvalue weighted by Gasteiger charge is -2.19. The van der Waals surface area contributed by atoms with Crippen LogP contribution >= 0.6 is 15.9 Å². The molecule has 0 fully saturated rings. The first-order valence-corrected chi connectivity index (χ1v) is 6.50. The minimum absolute atomic E-state index is 0.293. The average molecular weight is 327 g/mol. The zero-order valence-corrected chi connectivity index (χ0v) is 11.8. The summed E-state index contributed by atoms with van der Waals surface area (Å²) < 4.78 is 28.5. The smallest absolute Gasteiger partial charge is 0.142 e. The molecule has 2 nitrogen and oxygen atoms in total. The van der Waals surface area contributed by atoms with Gasteiger partial charge in [0.15, 0.2) is 0 Å². The van der Waals surface area contributed by atoms with E-state index in [0.29, 0.717) is 21.2 Å². The van der Waals surface area contributed by atoms with Crippen molar-refractivity contribution in [3.05, 3.63) is 69.2 Å². The molecule has 0 saturated heterocycles. The van der Waals surface area contributed by atoms with E-state index in [1.807, 2.05) is 0 Å². The molecule has 1 atom stereocenters. The van der Waals surface area contributed by atoms with E-state index in [0.717, 1.165) is 0 Å². The molecule has 0 bridgehead atoms. The van der Waals surface area contributed by atoms with E-state index >= 15 is 0 Å². The lowest BCUT2D eigenvalue weighted by atomic mass is 9.97. The fourth-order valence-electron chi connectivity index (χ4n) is 1.98. The molecule has 1 unspecified atom stereocenters. The molecule has 0 amide bonds. The van der Waals surface area contributed by atoms with Crippen LogP contribution in [-0.2, 0) is 0 Å². The molecule has 2 aromatic rings. The summed E-state index contributed by atoms with van der Waals surface area (Å²) in [4.78, 5) is 0. The maximum absolute atomic E-state index is 14.1. The molecule has 2 aromatic carbocycles. The Kier molecular flexibility index (Phi) is 4.29. The van der Waals surface area contributed by atoms with Crippen molar-refractivity contribution in [2.24, 2.45) is 5.84 Å². The van der Waals surface area contributed by atoms with Crippen LogP contribution in [0.4, 0.5) is 8.78 Å². The van der Waals surface area contributed by atoms with E-state index in [4.69, 9.17) is 5.84 Å². The van der Waals surface area contributed by atoms with Crippen LogP contribution in [-0.4, -0.2) is 0 Å². The lowest BCUT2D eigenvalue weighted by molar-refractivity contribution is 0.526. The predicted octanol–water partition coefficient (Wildman–Crippen LogP) is 3.59. The molecule has 0 heterocycles. The van der Waals surface area contributed by atoms with E-state index in [-0.39, 0.29) is 5.82 Å². The Morgan fingerprint density at radius 1 is 1.05 bits per heavy atom. The third-order valence-corrected chi connectivity index (χ3v) is 3.60. The fraction of sp³-hybridized carbons (Fsp3) is 0.143. The van der Waals surface area contributed by atoms with Gasteiger partial charge in [-0.2, -0.15) is 0 Å². The number of benzene rings is 2. The molecule has 0 aliphatic heterocycles. The van der Waals surface area contributed by atoms with Crippen molar-refractivity contribution in [3.8, 4) is 0 Å². The number of nitrogens with one attached hydrogen (secondary N) is 1. The molecule has 19 heavy (non-hydrogen) atoms. The van der Waals surface area contributed by atoms with Crippen LogP contribution < -0.4 is 11.3 Å². The van der Waals surface area contributed by atoms with Crippen molar-refractivity contribution < 1.29 is 8.78 Å². The van der Waals surface area contributed by atoms with Crippen LogP contribution in [0.2, 0.25) is 0 Å². The Morgan fingerprint density at radius 2 is 1.63 bits per heavy atom. The number of halogens is 3. The standard InChI is InChI=1S/C14H13BrF2N2/c1-8-4-2-5-9(12(8)16)14(19-18)10-6-3-7-11(15)13(10)17/h2-7,14,19H,18H2,1H3. The average Bonchev–Trinajstić information content (AvgIpc) is 2.40. The van der Waals surface area contributed by atoms with Gasteiger partial charge in [-0.15, -0.1) is 0 Å². The molecule has 0 aromatic heterocycles. The first-order valence-electron chi connectivity index (χ1n) is 5.71. The van der Waals surface area contributed by atoms with Gasteiger partial charge in [-0.25, -0.2) is 14.2 Å². The molecule has 0 aliphatic rings. The topological polar surface area (TPSA) is 38.0 Å². The number of aryl methyl sites for hydroxylation is 1. The maximum Gasteiger partial charge on any atom is 0.142 e. The first-order chi connectivity index (χ1) is 9.06. The number of hydrogen-bond acceptors (Lipinski definition) is 2. The second-order valence-electron chi connectivity index (χ2n) is 4.22. The summed E-state index contributed by atoms with van der Waals surface area (Å²) in [7, 11) is 0. The van der Waals surface area contributed by atoms with Gasteiger partial charge in [-0.1, -0.05) is 30.3 Å². The molecule has 5 heteroatoms. The number of hydrazine groups is 1. The van der Waals surface area contributed by atoms with Gasteiger partial charge in [0.25, 0.3) is 0 Å². The minimum atomic E-state index is -0.739. The lowest BCUT2D eigenvalue weighted by Crippen LogP contribution is -2.30. The van der Waals surface area contributed by atoms with Gasteiger partial charge in [0, 0.05) is 11.1 Å². The molecular formula is C14H13BrF2N2. The van der Waals surface area contributed by atoms with Gasteiger partial charge >= 0.3 is 0 Å². The summed E-state index contributed by atoms with van der Waals surface area (Å²) in [6.07, 6.45) is 0. The maximum atomic E-state index is 14.1. The summed E-state index contributed by atoms with van der Waals surface area (Å²) >= 11 is 3.11. The molecule has 2 rings (SSSR count). The van der Waals surface area contributed by atoms with Crippen molar-refractivity contribution in [1.29, 1.82) is 0 Å². The Morgan fingerprint density at radius 3 is 2.26 bits per heavy atom. The highest BCUT2D eigenvalue weighted by molar-refractivity contribution is 9.10. The van der Waals surface area contributed by atoms with Crippen LogP contribution in [0.1, 0.15) is 22.7 Å². The van der Waals surface area contributed by atoms with Gasteiger partial charge in [0.2, 0.25) is 0 Å². The Bertz CT molecular complexity index is 550. The minimum Gasteiger partial charge on any atom is -0.271 e. The first kappa shape index (κ1) is 14.1. The number of nitrogens with two attached hydrogens (primary N) is 1. The predicted molar refractivity (Wildman–Crippen MR) is 74.4 cm³/mol. The molecule has 3 N–H and O–H groups in total. The van der Waals surface area contributed by atoms with Gasteiger partial charge in [-0.3, -0.25) is 5.84 Å². The highest BCUT2D eigenvalue weighted by Gasteiger charge is 2.21. The third-order valence-electron chi connectivity index (χ3n) is 2.99. The fourth-order valence-corrected chi connectivity index (χ4v) is 2.37. The second kappa shape index (κ2) is 5.77. The van der Waals surface area contributed by atoms with Crippen LogP contribution in [0, 0.1) is 18.6 Å². The van der Waals surface area contributed by atoms with E-state index in [1.54, 1.807) is 43.3 Å². The number of hydrogen-bond donors (Lipinski definition) is 2. The third kappa shape index (κ3) is 2.68. The summed E-state index contributed by atoms with van der Waals surface area (Å²) in [5.74, 6) is 4.64. The Hall–Kier alpha value is -1.30. The van der Waals surface area contributed by atoms with Gasteiger partial charge in [0.05, 0.1) is 10.5 Å². The van der Waals surface area contributed by atoms with Crippen LogP contribution in [0.15, 0.2) is 40.9 Å². The molecule has 0 radical (unpaired) electrons. The van der Waals surface area contributed by atoms with E-state index in [1.165, 1.54) is 0 Å². The molecule has 0 spiro atoms. The zero-order valence-electron chi connectivity index (χ0n) is 10.3. The normalized spacial score (nSPS) is 12.5. The molecule has 0 aliphatic carbocycles. The van der Waals surface area contributed by atoms with Gasteiger partial charge < -0.3 is 0 Å². The van der Waals surface area contributed by atoms with E-state index in [9.17, 15) is 8.78 Å². The van der Waals surface area contributed by atoms with Crippen molar-refractivity contribution in [2.45, 2.75) is 13.0 Å². The van der Waals surface area contributed by atoms with Gasteiger partial charge in [0.1, 0.15) is 11.6 Å². The van der Waals surface area contributed by atoms with Crippen molar-refractivity contribution in [1.82, 2.24) is 5.43 Å². The highest BCUT2D eigenvalue weighted by Crippen LogP contribution is 2.29. The Labute approximate surface area is 118 Å². The number of rotatable bonds is 3. The van der Waals surface area contributed by atoms with Crippen molar-refractivity contribution >= 4 is 15.9 Å². The van der Waals surface area contributed by atoms with Crippen LogP contribution in [0.3, 0.4) is 0 Å². The van der Waals surface area contributed by atoms with Crippen LogP contribution in [0.25, 0.3) is 0 Å². The zero-order chi connectivity index (χ0) is 14.0. The summed E-state index contributed by atoms with van der Waals surface area (Å²) in [6, 6.07) is 9.06.